The van der Waals surface area contributed by atoms with Crippen molar-refractivity contribution < 1.29 is 14.0 Å². The number of hydrogen-bond acceptors (Lipinski definition) is 5. The Morgan fingerprint density at radius 1 is 1.24 bits per heavy atom. The fraction of sp³-hybridized carbons (Fsp3) is 0.263. The Labute approximate surface area is 144 Å². The van der Waals surface area contributed by atoms with E-state index in [0.717, 1.165) is 17.5 Å². The highest BCUT2D eigenvalue weighted by atomic mass is 19.1. The maximum absolute atomic E-state index is 13.3. The van der Waals surface area contributed by atoms with E-state index in [2.05, 4.69) is 15.5 Å². The van der Waals surface area contributed by atoms with Crippen LogP contribution in [0.3, 0.4) is 0 Å². The van der Waals surface area contributed by atoms with Crippen molar-refractivity contribution in [1.82, 2.24) is 15.5 Å². The lowest BCUT2D eigenvalue weighted by Crippen LogP contribution is -2.35. The molecule has 0 bridgehead atoms. The van der Waals surface area contributed by atoms with Gasteiger partial charge >= 0.3 is 0 Å². The van der Waals surface area contributed by atoms with Gasteiger partial charge in [-0.25, -0.2) is 4.39 Å². The zero-order valence-corrected chi connectivity index (χ0v) is 13.7. The molecule has 5 nitrogen and oxygen atoms in total. The van der Waals surface area contributed by atoms with Crippen molar-refractivity contribution in [1.29, 1.82) is 0 Å². The van der Waals surface area contributed by atoms with Gasteiger partial charge < -0.3 is 14.9 Å². The number of aromatic nitrogens is 2. The van der Waals surface area contributed by atoms with Gasteiger partial charge in [0, 0.05) is 11.6 Å². The van der Waals surface area contributed by atoms with Gasteiger partial charge in [0.2, 0.25) is 11.7 Å². The Morgan fingerprint density at radius 3 is 2.88 bits per heavy atom. The topological polar surface area (TPSA) is 71.2 Å². The summed E-state index contributed by atoms with van der Waals surface area (Å²) >= 11 is 0. The predicted molar refractivity (Wildman–Crippen MR) is 90.1 cm³/mol. The molecule has 0 spiro atoms. The summed E-state index contributed by atoms with van der Waals surface area (Å²) in [5.74, 6) is 0.405. The number of aliphatic hydroxyl groups is 1. The molecule has 1 heterocycles. The van der Waals surface area contributed by atoms with Crippen molar-refractivity contribution in [3.05, 3.63) is 71.4 Å². The van der Waals surface area contributed by atoms with E-state index in [1.54, 1.807) is 12.1 Å². The van der Waals surface area contributed by atoms with Gasteiger partial charge in [0.1, 0.15) is 5.82 Å². The van der Waals surface area contributed by atoms with E-state index in [-0.39, 0.29) is 17.9 Å². The summed E-state index contributed by atoms with van der Waals surface area (Å²) in [6.45, 7) is 1.90. The number of nitrogens with zero attached hydrogens (tertiary/aromatic N) is 2. The summed E-state index contributed by atoms with van der Waals surface area (Å²) < 4.78 is 18.7. The van der Waals surface area contributed by atoms with Crippen molar-refractivity contribution in [2.75, 3.05) is 0 Å². The second-order valence-corrected chi connectivity index (χ2v) is 6.31. The summed E-state index contributed by atoms with van der Waals surface area (Å²) in [5, 5.41) is 17.8. The smallest absolute Gasteiger partial charge is 0.243 e. The monoisotopic (exact) mass is 339 g/mol. The summed E-state index contributed by atoms with van der Waals surface area (Å²) in [6.07, 6.45) is 0.177. The van der Waals surface area contributed by atoms with E-state index in [1.807, 2.05) is 31.2 Å². The highest BCUT2D eigenvalue weighted by Gasteiger charge is 2.32. The summed E-state index contributed by atoms with van der Waals surface area (Å²) in [6, 6.07) is 13.6. The molecule has 3 unspecified atom stereocenters. The van der Waals surface area contributed by atoms with Crippen LogP contribution in [0.2, 0.25) is 0 Å². The Balaban J connectivity index is 1.49. The van der Waals surface area contributed by atoms with Crippen molar-refractivity contribution in [2.45, 2.75) is 31.5 Å². The highest BCUT2D eigenvalue weighted by molar-refractivity contribution is 5.53. The van der Waals surface area contributed by atoms with Gasteiger partial charge in [-0.05, 0) is 36.6 Å². The third-order valence-electron chi connectivity index (χ3n) is 4.55. The molecule has 0 amide bonds. The first kappa shape index (κ1) is 15.9. The number of nitrogens with one attached hydrogen (secondary N) is 1. The third kappa shape index (κ3) is 3.06. The zero-order valence-electron chi connectivity index (χ0n) is 13.7. The van der Waals surface area contributed by atoms with E-state index in [0.29, 0.717) is 17.3 Å². The first-order valence-corrected chi connectivity index (χ1v) is 8.23. The Hall–Kier alpha value is -2.57. The van der Waals surface area contributed by atoms with E-state index < -0.39 is 6.10 Å². The molecule has 1 aliphatic carbocycles. The molecule has 4 rings (SSSR count). The number of benzene rings is 2. The molecule has 0 fully saturated rings. The quantitative estimate of drug-likeness (QED) is 0.764. The van der Waals surface area contributed by atoms with E-state index in [1.165, 1.54) is 12.1 Å². The fourth-order valence-corrected chi connectivity index (χ4v) is 3.27. The van der Waals surface area contributed by atoms with Crippen LogP contribution in [-0.2, 0) is 6.42 Å². The number of rotatable bonds is 4. The van der Waals surface area contributed by atoms with Crippen LogP contribution >= 0.6 is 0 Å². The maximum Gasteiger partial charge on any atom is 0.243 e. The molecule has 2 N–H and O–H groups in total. The predicted octanol–water partition coefficient (Wildman–Crippen LogP) is 3.18. The van der Waals surface area contributed by atoms with Crippen molar-refractivity contribution >= 4 is 0 Å². The van der Waals surface area contributed by atoms with Crippen molar-refractivity contribution in [2.24, 2.45) is 0 Å². The maximum atomic E-state index is 13.3. The zero-order chi connectivity index (χ0) is 17.4. The van der Waals surface area contributed by atoms with Crippen LogP contribution in [0.1, 0.15) is 36.1 Å². The van der Waals surface area contributed by atoms with Gasteiger partial charge in [0.25, 0.3) is 0 Å². The van der Waals surface area contributed by atoms with E-state index in [9.17, 15) is 9.50 Å². The molecule has 0 saturated heterocycles. The Bertz CT molecular complexity index is 896. The van der Waals surface area contributed by atoms with Gasteiger partial charge in [-0.15, -0.1) is 0 Å². The van der Waals surface area contributed by atoms with Crippen LogP contribution in [0.15, 0.2) is 53.1 Å². The number of fused-ring (bicyclic) bond motifs is 1. The lowest BCUT2D eigenvalue weighted by Gasteiger charge is -2.20. The second-order valence-electron chi connectivity index (χ2n) is 6.31. The van der Waals surface area contributed by atoms with Crippen molar-refractivity contribution in [3.63, 3.8) is 0 Å². The van der Waals surface area contributed by atoms with Crippen LogP contribution in [0, 0.1) is 5.82 Å². The molecular weight excluding hydrogens is 321 g/mol. The summed E-state index contributed by atoms with van der Waals surface area (Å²) in [5.41, 5.74) is 2.67. The van der Waals surface area contributed by atoms with Gasteiger partial charge in [-0.3, -0.25) is 0 Å². The van der Waals surface area contributed by atoms with Crippen LogP contribution in [0.5, 0.6) is 0 Å². The standard InChI is InChI=1S/C19H18FN3O2/c1-11(21-16-10-12-5-2-3-8-15(12)17(16)24)19-22-18(23-25-19)13-6-4-7-14(20)9-13/h2-9,11,16-17,21,24H,10H2,1H3. The molecule has 3 aromatic rings. The Kier molecular flexibility index (Phi) is 4.07. The lowest BCUT2D eigenvalue weighted by molar-refractivity contribution is 0.132. The SMILES string of the molecule is CC(NC1Cc2ccccc2C1O)c1nc(-c2cccc(F)c2)no1. The molecule has 3 atom stereocenters. The number of aliphatic hydroxyl groups excluding tert-OH is 1. The molecule has 0 radical (unpaired) electrons. The third-order valence-corrected chi connectivity index (χ3v) is 4.55. The lowest BCUT2D eigenvalue weighted by atomic mass is 10.1. The largest absolute Gasteiger partial charge is 0.387 e. The van der Waals surface area contributed by atoms with Crippen LogP contribution < -0.4 is 5.32 Å². The van der Waals surface area contributed by atoms with Gasteiger partial charge in [0.15, 0.2) is 0 Å². The summed E-state index contributed by atoms with van der Waals surface area (Å²) in [7, 11) is 0. The van der Waals surface area contributed by atoms with Gasteiger partial charge in [-0.1, -0.05) is 41.6 Å². The second kappa shape index (κ2) is 6.38. The summed E-state index contributed by atoms with van der Waals surface area (Å²) in [4.78, 5) is 4.35. The molecule has 0 aliphatic heterocycles. The highest BCUT2D eigenvalue weighted by Crippen LogP contribution is 2.32. The fourth-order valence-electron chi connectivity index (χ4n) is 3.27. The average molecular weight is 339 g/mol. The number of halogens is 1. The molecule has 1 aliphatic rings. The number of hydrogen-bond donors (Lipinski definition) is 2. The first-order chi connectivity index (χ1) is 12.1. The minimum absolute atomic E-state index is 0.114. The molecule has 25 heavy (non-hydrogen) atoms. The van der Waals surface area contributed by atoms with E-state index in [4.69, 9.17) is 4.52 Å². The van der Waals surface area contributed by atoms with Gasteiger partial charge in [-0.2, -0.15) is 4.98 Å². The van der Waals surface area contributed by atoms with Crippen LogP contribution in [0.4, 0.5) is 4.39 Å². The minimum Gasteiger partial charge on any atom is -0.387 e. The molecule has 0 saturated carbocycles. The van der Waals surface area contributed by atoms with Crippen LogP contribution in [-0.4, -0.2) is 21.3 Å². The normalized spacial score (nSPS) is 20.4. The van der Waals surface area contributed by atoms with Crippen molar-refractivity contribution in [3.8, 4) is 11.4 Å². The average Bonchev–Trinajstić information content (AvgIpc) is 3.21. The molecule has 2 aromatic carbocycles. The van der Waals surface area contributed by atoms with Crippen LogP contribution in [0.25, 0.3) is 11.4 Å². The van der Waals surface area contributed by atoms with E-state index >= 15 is 0 Å². The molecular formula is C19H18FN3O2. The molecule has 1 aromatic heterocycles. The Morgan fingerprint density at radius 2 is 2.08 bits per heavy atom. The minimum atomic E-state index is -0.565. The first-order valence-electron chi connectivity index (χ1n) is 8.23. The van der Waals surface area contributed by atoms with Gasteiger partial charge in [0.05, 0.1) is 12.1 Å². The molecule has 6 heteroatoms. The molecule has 128 valence electrons.